The summed E-state index contributed by atoms with van der Waals surface area (Å²) in [5.41, 5.74) is 0.0923. The number of aromatic nitrogens is 3. The number of aliphatic carboxylic acids is 1. The zero-order valence-electron chi connectivity index (χ0n) is 14.5. The van der Waals surface area contributed by atoms with Gasteiger partial charge in [0.05, 0.1) is 6.20 Å². The number of amides is 2. The number of carbonyl (C=O) groups excluding carboxylic acids is 2. The number of hydrogen-bond donors (Lipinski definition) is 2. The van der Waals surface area contributed by atoms with Crippen molar-refractivity contribution in [3.8, 4) is 0 Å². The topological polar surface area (TPSA) is 117 Å². The van der Waals surface area contributed by atoms with Crippen LogP contribution in [0.3, 0.4) is 0 Å². The molecule has 0 aliphatic rings. The van der Waals surface area contributed by atoms with Gasteiger partial charge < -0.3 is 15.3 Å². The highest BCUT2D eigenvalue weighted by Crippen LogP contribution is 2.08. The number of aryl methyl sites for hydroxylation is 1. The Morgan fingerprint density at radius 3 is 2.54 bits per heavy atom. The van der Waals surface area contributed by atoms with Crippen LogP contribution in [0.1, 0.15) is 44.6 Å². The van der Waals surface area contributed by atoms with Crippen LogP contribution in [0.4, 0.5) is 0 Å². The lowest BCUT2D eigenvalue weighted by atomic mass is 10.1. The average Bonchev–Trinajstić information content (AvgIpc) is 2.97. The monoisotopic (exact) mass is 339 g/mol. The fourth-order valence-electron chi connectivity index (χ4n) is 2.00. The fourth-order valence-corrected chi connectivity index (χ4v) is 2.00. The van der Waals surface area contributed by atoms with Crippen molar-refractivity contribution in [2.45, 2.75) is 46.7 Å². The molecule has 0 spiro atoms. The number of carboxylic acids is 1. The van der Waals surface area contributed by atoms with Crippen LogP contribution in [0.25, 0.3) is 0 Å². The van der Waals surface area contributed by atoms with Crippen molar-refractivity contribution >= 4 is 17.8 Å². The van der Waals surface area contributed by atoms with Crippen molar-refractivity contribution in [2.75, 3.05) is 13.1 Å². The summed E-state index contributed by atoms with van der Waals surface area (Å²) in [5.74, 6) is -1.40. The number of nitrogens with one attached hydrogen (secondary N) is 1. The zero-order valence-corrected chi connectivity index (χ0v) is 14.5. The first-order valence-corrected chi connectivity index (χ1v) is 7.90. The third-order valence-corrected chi connectivity index (χ3v) is 3.51. The van der Waals surface area contributed by atoms with Crippen LogP contribution in [0.2, 0.25) is 0 Å². The molecule has 0 fully saturated rings. The predicted octanol–water partition coefficient (Wildman–Crippen LogP) is 0.376. The maximum Gasteiger partial charge on any atom is 0.326 e. The van der Waals surface area contributed by atoms with E-state index in [1.807, 2.05) is 0 Å². The van der Waals surface area contributed by atoms with Gasteiger partial charge in [0, 0.05) is 26.6 Å². The number of rotatable bonds is 9. The summed E-state index contributed by atoms with van der Waals surface area (Å²) in [5, 5.41) is 19.5. The highest BCUT2D eigenvalue weighted by Gasteiger charge is 2.28. The molecule has 9 nitrogen and oxygen atoms in total. The van der Waals surface area contributed by atoms with Crippen LogP contribution in [-0.4, -0.2) is 61.9 Å². The molecular formula is C15H25N5O4. The number of nitrogens with zero attached hydrogens (tertiary/aromatic N) is 4. The van der Waals surface area contributed by atoms with E-state index in [4.69, 9.17) is 0 Å². The second kappa shape index (κ2) is 8.99. The summed E-state index contributed by atoms with van der Waals surface area (Å²) in [6.45, 7) is 7.82. The largest absolute Gasteiger partial charge is 0.480 e. The lowest BCUT2D eigenvalue weighted by molar-refractivity contribution is -0.141. The molecule has 0 radical (unpaired) electrons. The van der Waals surface area contributed by atoms with Crippen LogP contribution in [0.5, 0.6) is 0 Å². The Kier molecular flexibility index (Phi) is 7.34. The van der Waals surface area contributed by atoms with Crippen LogP contribution in [0.15, 0.2) is 6.20 Å². The van der Waals surface area contributed by atoms with Gasteiger partial charge in [-0.05, 0) is 19.3 Å². The molecule has 1 aromatic heterocycles. The molecule has 2 N–H and O–H groups in total. The van der Waals surface area contributed by atoms with Gasteiger partial charge in [0.1, 0.15) is 6.04 Å². The maximum atomic E-state index is 12.6. The van der Waals surface area contributed by atoms with Crippen molar-refractivity contribution in [1.29, 1.82) is 0 Å². The van der Waals surface area contributed by atoms with Gasteiger partial charge in [0.15, 0.2) is 5.69 Å². The second-order valence-electron chi connectivity index (χ2n) is 6.05. The summed E-state index contributed by atoms with van der Waals surface area (Å²) in [6.07, 6.45) is 2.42. The van der Waals surface area contributed by atoms with Crippen molar-refractivity contribution in [1.82, 2.24) is 25.2 Å². The SMILES string of the molecule is CC(=O)NCCN(C(=O)c1cn(CCC(C)C)nn1)C(C)C(=O)O. The third-order valence-electron chi connectivity index (χ3n) is 3.51. The lowest BCUT2D eigenvalue weighted by Crippen LogP contribution is -2.46. The molecule has 134 valence electrons. The Hall–Kier alpha value is -2.45. The van der Waals surface area contributed by atoms with Crippen molar-refractivity contribution in [2.24, 2.45) is 5.92 Å². The number of carboxylic acid groups (broad SMARTS) is 1. The van der Waals surface area contributed by atoms with E-state index in [1.165, 1.54) is 20.0 Å². The van der Waals surface area contributed by atoms with E-state index >= 15 is 0 Å². The molecule has 0 aromatic carbocycles. The molecule has 0 bridgehead atoms. The predicted molar refractivity (Wildman–Crippen MR) is 86.3 cm³/mol. The first kappa shape index (κ1) is 19.6. The lowest BCUT2D eigenvalue weighted by Gasteiger charge is -2.25. The summed E-state index contributed by atoms with van der Waals surface area (Å²) >= 11 is 0. The second-order valence-corrected chi connectivity index (χ2v) is 6.05. The quantitative estimate of drug-likeness (QED) is 0.671. The zero-order chi connectivity index (χ0) is 18.3. The number of hydrogen-bond acceptors (Lipinski definition) is 5. The first-order chi connectivity index (χ1) is 11.2. The van der Waals surface area contributed by atoms with E-state index in [9.17, 15) is 19.5 Å². The summed E-state index contributed by atoms with van der Waals surface area (Å²) in [7, 11) is 0. The van der Waals surface area contributed by atoms with E-state index in [1.54, 1.807) is 4.68 Å². The van der Waals surface area contributed by atoms with Crippen molar-refractivity contribution < 1.29 is 19.5 Å². The molecule has 1 atom stereocenters. The van der Waals surface area contributed by atoms with E-state index in [-0.39, 0.29) is 24.7 Å². The average molecular weight is 339 g/mol. The molecule has 1 rings (SSSR count). The smallest absolute Gasteiger partial charge is 0.326 e. The van der Waals surface area contributed by atoms with E-state index in [2.05, 4.69) is 29.5 Å². The minimum Gasteiger partial charge on any atom is -0.480 e. The molecule has 1 aromatic rings. The summed E-state index contributed by atoms with van der Waals surface area (Å²) in [4.78, 5) is 35.9. The van der Waals surface area contributed by atoms with Gasteiger partial charge in [-0.25, -0.2) is 4.79 Å². The molecule has 0 aliphatic carbocycles. The first-order valence-electron chi connectivity index (χ1n) is 7.90. The minimum absolute atomic E-state index is 0.0741. The van der Waals surface area contributed by atoms with Gasteiger partial charge in [0.25, 0.3) is 5.91 Å². The summed E-state index contributed by atoms with van der Waals surface area (Å²) in [6, 6.07) is -1.04. The van der Waals surface area contributed by atoms with Gasteiger partial charge >= 0.3 is 5.97 Å². The molecule has 2 amide bonds. The van der Waals surface area contributed by atoms with Crippen LogP contribution >= 0.6 is 0 Å². The normalized spacial score (nSPS) is 12.0. The van der Waals surface area contributed by atoms with Gasteiger partial charge in [0.2, 0.25) is 5.91 Å². The summed E-state index contributed by atoms with van der Waals surface area (Å²) < 4.78 is 1.57. The molecule has 9 heteroatoms. The van der Waals surface area contributed by atoms with Gasteiger partial charge in [-0.2, -0.15) is 0 Å². The number of carbonyl (C=O) groups is 3. The third kappa shape index (κ3) is 5.98. The molecule has 0 saturated heterocycles. The fraction of sp³-hybridized carbons (Fsp3) is 0.667. The molecule has 1 heterocycles. The van der Waals surface area contributed by atoms with Gasteiger partial charge in [-0.1, -0.05) is 19.1 Å². The standard InChI is InChI=1S/C15H25N5O4/c1-10(2)5-7-19-9-13(17-18-19)14(22)20(11(3)15(23)24)8-6-16-12(4)21/h9-11H,5-8H2,1-4H3,(H,16,21)(H,23,24). The Balaban J connectivity index is 2.82. The van der Waals surface area contributed by atoms with Crippen LogP contribution < -0.4 is 5.32 Å². The van der Waals surface area contributed by atoms with E-state index < -0.39 is 17.9 Å². The molecule has 0 aliphatic heterocycles. The molecule has 0 saturated carbocycles. The Labute approximate surface area is 141 Å². The van der Waals surface area contributed by atoms with E-state index in [0.29, 0.717) is 12.5 Å². The van der Waals surface area contributed by atoms with Gasteiger partial charge in [-0.3, -0.25) is 14.3 Å². The Bertz CT molecular complexity index is 584. The Morgan fingerprint density at radius 2 is 2.00 bits per heavy atom. The molecule has 1 unspecified atom stereocenters. The highest BCUT2D eigenvalue weighted by atomic mass is 16.4. The van der Waals surface area contributed by atoms with E-state index in [0.717, 1.165) is 11.3 Å². The van der Waals surface area contributed by atoms with Crippen molar-refractivity contribution in [3.05, 3.63) is 11.9 Å². The molecule has 24 heavy (non-hydrogen) atoms. The maximum absolute atomic E-state index is 12.6. The van der Waals surface area contributed by atoms with Crippen LogP contribution in [0, 0.1) is 5.92 Å². The van der Waals surface area contributed by atoms with Gasteiger partial charge in [-0.15, -0.1) is 5.10 Å². The highest BCUT2D eigenvalue weighted by molar-refractivity contribution is 5.94. The van der Waals surface area contributed by atoms with Crippen LogP contribution in [-0.2, 0) is 16.1 Å². The molecular weight excluding hydrogens is 314 g/mol. The Morgan fingerprint density at radius 1 is 1.33 bits per heavy atom. The van der Waals surface area contributed by atoms with Crippen molar-refractivity contribution in [3.63, 3.8) is 0 Å². The minimum atomic E-state index is -1.13.